The molecule has 1 aromatic heterocycles. The van der Waals surface area contributed by atoms with Crippen LogP contribution in [0.2, 0.25) is 0 Å². The van der Waals surface area contributed by atoms with Crippen LogP contribution in [0.25, 0.3) is 0 Å². The highest BCUT2D eigenvalue weighted by Crippen LogP contribution is 2.32. The number of carboxylic acid groups (broad SMARTS) is 1. The lowest BCUT2D eigenvalue weighted by atomic mass is 10.1. The molecular formula is C17H24F3N3O5. The van der Waals surface area contributed by atoms with Gasteiger partial charge in [0.1, 0.15) is 6.10 Å². The average molecular weight is 407 g/mol. The van der Waals surface area contributed by atoms with Crippen molar-refractivity contribution in [2.75, 3.05) is 19.8 Å². The van der Waals surface area contributed by atoms with Crippen LogP contribution in [0.4, 0.5) is 13.2 Å². The van der Waals surface area contributed by atoms with Crippen molar-refractivity contribution in [3.05, 3.63) is 18.5 Å². The lowest BCUT2D eigenvalue weighted by Crippen LogP contribution is -2.53. The number of carbonyl (C=O) groups excluding carboxylic acids is 1. The normalized spacial score (nSPS) is 24.3. The first-order valence-corrected chi connectivity index (χ1v) is 8.98. The number of carbonyl (C=O) groups is 2. The molecule has 0 aromatic carbocycles. The molecule has 1 N–H and O–H groups in total. The summed E-state index contributed by atoms with van der Waals surface area (Å²) < 4.78 is 45.5. The van der Waals surface area contributed by atoms with E-state index in [0.29, 0.717) is 19.8 Å². The van der Waals surface area contributed by atoms with E-state index < -0.39 is 12.1 Å². The van der Waals surface area contributed by atoms with E-state index in [1.165, 1.54) is 0 Å². The number of fused-ring (bicyclic) bond motifs is 1. The van der Waals surface area contributed by atoms with Crippen molar-refractivity contribution in [1.29, 1.82) is 0 Å². The second kappa shape index (κ2) is 9.87. The fourth-order valence-corrected chi connectivity index (χ4v) is 3.38. The Hall–Kier alpha value is -2.14. The minimum atomic E-state index is -5.08. The standard InChI is InChI=1S/C15H23N3O3.C2HF3O2/c1-12(19)18-9-11-21-15-13(18)4-5-14(15)20-10-3-8-17-7-2-6-16-17;3-2(4,5)1(6)7/h2,6-7,13-15H,3-5,8-11H2,1H3;(H,6,7)/t13-,14+,15+;/m0./s1. The second-order valence-corrected chi connectivity index (χ2v) is 6.53. The highest BCUT2D eigenvalue weighted by Gasteiger charge is 2.44. The van der Waals surface area contributed by atoms with Gasteiger partial charge in [0.25, 0.3) is 0 Å². The number of rotatable bonds is 5. The second-order valence-electron chi connectivity index (χ2n) is 6.53. The minimum absolute atomic E-state index is 0.0485. The number of nitrogens with zero attached hydrogens (tertiary/aromatic N) is 3. The average Bonchev–Trinajstić information content (AvgIpc) is 3.28. The summed E-state index contributed by atoms with van der Waals surface area (Å²) >= 11 is 0. The van der Waals surface area contributed by atoms with Crippen LogP contribution < -0.4 is 0 Å². The molecule has 0 bridgehead atoms. The van der Waals surface area contributed by atoms with Crippen LogP contribution in [0.5, 0.6) is 0 Å². The molecule has 8 nitrogen and oxygen atoms in total. The van der Waals surface area contributed by atoms with Crippen LogP contribution in [0.3, 0.4) is 0 Å². The zero-order valence-corrected chi connectivity index (χ0v) is 15.5. The van der Waals surface area contributed by atoms with E-state index in [1.54, 1.807) is 13.1 Å². The fraction of sp³-hybridized carbons (Fsp3) is 0.706. The molecule has 1 aliphatic carbocycles. The van der Waals surface area contributed by atoms with Gasteiger partial charge in [-0.25, -0.2) is 4.79 Å². The predicted octanol–water partition coefficient (Wildman–Crippen LogP) is 1.70. The maximum atomic E-state index is 11.7. The number of alkyl halides is 3. The van der Waals surface area contributed by atoms with Crippen molar-refractivity contribution in [2.45, 2.75) is 57.2 Å². The number of hydrogen-bond acceptors (Lipinski definition) is 5. The molecule has 0 spiro atoms. The number of morpholine rings is 1. The summed E-state index contributed by atoms with van der Waals surface area (Å²) in [6.07, 6.45) is 1.72. The van der Waals surface area contributed by atoms with Gasteiger partial charge in [-0.3, -0.25) is 9.48 Å². The lowest BCUT2D eigenvalue weighted by Gasteiger charge is -2.38. The number of amides is 1. The molecule has 1 saturated heterocycles. The number of hydrogen-bond donors (Lipinski definition) is 1. The molecule has 158 valence electrons. The van der Waals surface area contributed by atoms with E-state index in [9.17, 15) is 18.0 Å². The maximum absolute atomic E-state index is 11.7. The first-order chi connectivity index (χ1) is 13.2. The van der Waals surface area contributed by atoms with E-state index in [2.05, 4.69) is 5.10 Å². The molecule has 1 amide bonds. The lowest BCUT2D eigenvalue weighted by molar-refractivity contribution is -0.192. The van der Waals surface area contributed by atoms with Gasteiger partial charge in [0.05, 0.1) is 18.8 Å². The quantitative estimate of drug-likeness (QED) is 0.747. The van der Waals surface area contributed by atoms with Gasteiger partial charge in [0.2, 0.25) is 5.91 Å². The minimum Gasteiger partial charge on any atom is -0.475 e. The van der Waals surface area contributed by atoms with Gasteiger partial charge >= 0.3 is 12.1 Å². The number of halogens is 3. The molecule has 2 aliphatic rings. The van der Waals surface area contributed by atoms with Crippen LogP contribution in [-0.4, -0.2) is 75.8 Å². The number of carboxylic acids is 1. The van der Waals surface area contributed by atoms with E-state index in [-0.39, 0.29) is 24.2 Å². The molecule has 2 fully saturated rings. The van der Waals surface area contributed by atoms with Crippen LogP contribution in [0, 0.1) is 0 Å². The number of ether oxygens (including phenoxy) is 2. The third-order valence-corrected chi connectivity index (χ3v) is 4.61. The molecule has 3 atom stereocenters. The topological polar surface area (TPSA) is 93.9 Å². The van der Waals surface area contributed by atoms with Crippen LogP contribution in [0.15, 0.2) is 18.5 Å². The Balaban J connectivity index is 0.000000345. The van der Waals surface area contributed by atoms with Gasteiger partial charge < -0.3 is 19.5 Å². The fourth-order valence-electron chi connectivity index (χ4n) is 3.38. The Morgan fingerprint density at radius 2 is 2.07 bits per heavy atom. The van der Waals surface area contributed by atoms with Gasteiger partial charge in [0.15, 0.2) is 0 Å². The monoisotopic (exact) mass is 407 g/mol. The summed E-state index contributed by atoms with van der Waals surface area (Å²) in [5.74, 6) is -2.61. The summed E-state index contributed by atoms with van der Waals surface area (Å²) in [7, 11) is 0. The summed E-state index contributed by atoms with van der Waals surface area (Å²) in [5, 5.41) is 11.3. The van der Waals surface area contributed by atoms with Crippen LogP contribution >= 0.6 is 0 Å². The highest BCUT2D eigenvalue weighted by molar-refractivity contribution is 5.74. The highest BCUT2D eigenvalue weighted by atomic mass is 19.4. The molecule has 0 radical (unpaired) electrons. The summed E-state index contributed by atoms with van der Waals surface area (Å²) in [6, 6.07) is 2.13. The predicted molar refractivity (Wildman–Crippen MR) is 90.4 cm³/mol. The largest absolute Gasteiger partial charge is 0.490 e. The first-order valence-electron chi connectivity index (χ1n) is 8.98. The zero-order valence-electron chi connectivity index (χ0n) is 15.5. The van der Waals surface area contributed by atoms with Crippen molar-refractivity contribution in [1.82, 2.24) is 14.7 Å². The molecule has 28 heavy (non-hydrogen) atoms. The van der Waals surface area contributed by atoms with Gasteiger partial charge in [-0.15, -0.1) is 0 Å². The molecule has 3 rings (SSSR count). The molecule has 11 heteroatoms. The van der Waals surface area contributed by atoms with Crippen molar-refractivity contribution >= 4 is 11.9 Å². The third kappa shape index (κ3) is 6.20. The Labute approximate surface area is 160 Å². The van der Waals surface area contributed by atoms with E-state index >= 15 is 0 Å². The molecule has 0 unspecified atom stereocenters. The van der Waals surface area contributed by atoms with Crippen LogP contribution in [-0.2, 0) is 25.6 Å². The SMILES string of the molecule is CC(=O)N1CCO[C@H]2[C@H](OCCCn3cccn3)CC[C@@H]21.O=C(O)C(F)(F)F. The zero-order chi connectivity index (χ0) is 20.7. The summed E-state index contributed by atoms with van der Waals surface area (Å²) in [4.78, 5) is 22.5. The number of aromatic nitrogens is 2. The van der Waals surface area contributed by atoms with Gasteiger partial charge in [-0.2, -0.15) is 18.3 Å². The number of aryl methyl sites for hydroxylation is 1. The van der Waals surface area contributed by atoms with Crippen molar-refractivity contribution < 1.29 is 37.3 Å². The Morgan fingerprint density at radius 3 is 2.64 bits per heavy atom. The van der Waals surface area contributed by atoms with Gasteiger partial charge in [-0.1, -0.05) is 0 Å². The number of aliphatic carboxylic acids is 1. The van der Waals surface area contributed by atoms with Crippen molar-refractivity contribution in [2.24, 2.45) is 0 Å². The van der Waals surface area contributed by atoms with Crippen LogP contribution in [0.1, 0.15) is 26.2 Å². The molecule has 1 aromatic rings. The molecule has 1 aliphatic heterocycles. The summed E-state index contributed by atoms with van der Waals surface area (Å²) in [5.41, 5.74) is 0. The smallest absolute Gasteiger partial charge is 0.475 e. The van der Waals surface area contributed by atoms with Crippen molar-refractivity contribution in [3.8, 4) is 0 Å². The molecule has 1 saturated carbocycles. The van der Waals surface area contributed by atoms with Gasteiger partial charge in [-0.05, 0) is 25.3 Å². The molecular weight excluding hydrogens is 383 g/mol. The Bertz CT molecular complexity index is 638. The Morgan fingerprint density at radius 1 is 1.36 bits per heavy atom. The van der Waals surface area contributed by atoms with Gasteiger partial charge in [0, 0.05) is 39.0 Å². The van der Waals surface area contributed by atoms with E-state index in [1.807, 2.05) is 21.8 Å². The van der Waals surface area contributed by atoms with Crippen molar-refractivity contribution in [3.63, 3.8) is 0 Å². The maximum Gasteiger partial charge on any atom is 0.490 e. The summed E-state index contributed by atoms with van der Waals surface area (Å²) in [6.45, 7) is 4.54. The van der Waals surface area contributed by atoms with E-state index in [0.717, 1.165) is 25.8 Å². The van der Waals surface area contributed by atoms with E-state index in [4.69, 9.17) is 19.4 Å². The Kier molecular flexibility index (Phi) is 7.81. The third-order valence-electron chi connectivity index (χ3n) is 4.61. The molecule has 2 heterocycles. The first kappa shape index (κ1) is 22.2.